The second-order valence-corrected chi connectivity index (χ2v) is 5.58. The van der Waals surface area contributed by atoms with Gasteiger partial charge in [-0.25, -0.2) is 0 Å². The van der Waals surface area contributed by atoms with Crippen LogP contribution < -0.4 is 11.1 Å². The molecule has 1 aliphatic rings. The summed E-state index contributed by atoms with van der Waals surface area (Å²) in [7, 11) is 0. The molecule has 3 heteroatoms. The summed E-state index contributed by atoms with van der Waals surface area (Å²) in [6.45, 7) is 5.36. The summed E-state index contributed by atoms with van der Waals surface area (Å²) in [5, 5.41) is 3.71. The van der Waals surface area contributed by atoms with Crippen LogP contribution in [0.4, 0.5) is 0 Å². The van der Waals surface area contributed by atoms with Crippen LogP contribution in [0.1, 0.15) is 33.1 Å². The van der Waals surface area contributed by atoms with Crippen molar-refractivity contribution >= 4 is 11.8 Å². The minimum Gasteiger partial charge on any atom is -0.330 e. The molecular formula is C11H24N2S. The van der Waals surface area contributed by atoms with E-state index in [9.17, 15) is 0 Å². The first-order chi connectivity index (χ1) is 6.77. The maximum Gasteiger partial charge on any atom is 0.0132 e. The summed E-state index contributed by atoms with van der Waals surface area (Å²) in [5.74, 6) is 3.17. The molecule has 14 heavy (non-hydrogen) atoms. The highest BCUT2D eigenvalue weighted by Gasteiger charge is 2.26. The number of hydrogen-bond donors (Lipinski definition) is 2. The van der Waals surface area contributed by atoms with Crippen LogP contribution in [0.25, 0.3) is 0 Å². The first-order valence-corrected chi connectivity index (χ1v) is 6.97. The van der Waals surface area contributed by atoms with Crippen LogP contribution in [-0.4, -0.2) is 30.1 Å². The van der Waals surface area contributed by atoms with Crippen LogP contribution >= 0.6 is 11.8 Å². The fraction of sp³-hybridized carbons (Fsp3) is 1.00. The molecule has 0 amide bonds. The van der Waals surface area contributed by atoms with E-state index in [-0.39, 0.29) is 0 Å². The molecule has 0 aromatic rings. The molecule has 0 bridgehead atoms. The molecule has 0 aromatic heterocycles. The summed E-state index contributed by atoms with van der Waals surface area (Å²) >= 11 is 2.01. The van der Waals surface area contributed by atoms with Gasteiger partial charge >= 0.3 is 0 Å². The van der Waals surface area contributed by atoms with Gasteiger partial charge < -0.3 is 11.1 Å². The van der Waals surface area contributed by atoms with E-state index < -0.39 is 0 Å². The molecule has 0 aromatic carbocycles. The van der Waals surface area contributed by atoms with Gasteiger partial charge in [0, 0.05) is 17.8 Å². The summed E-state index contributed by atoms with van der Waals surface area (Å²) in [4.78, 5) is 0. The third kappa shape index (κ3) is 3.79. The average molecular weight is 216 g/mol. The van der Waals surface area contributed by atoms with Gasteiger partial charge in [0.2, 0.25) is 0 Å². The SMILES string of the molecule is CCSCC(C)NC1CCCC1CN. The number of thioether (sulfide) groups is 1. The highest BCUT2D eigenvalue weighted by Crippen LogP contribution is 2.25. The molecule has 3 N–H and O–H groups in total. The molecule has 1 rings (SSSR count). The Morgan fingerprint density at radius 2 is 2.29 bits per heavy atom. The smallest absolute Gasteiger partial charge is 0.0132 e. The van der Waals surface area contributed by atoms with Gasteiger partial charge in [-0.3, -0.25) is 0 Å². The van der Waals surface area contributed by atoms with E-state index in [0.717, 1.165) is 12.5 Å². The predicted octanol–water partition coefficient (Wildman–Crippen LogP) is 1.84. The van der Waals surface area contributed by atoms with Crippen LogP contribution in [0.3, 0.4) is 0 Å². The predicted molar refractivity (Wildman–Crippen MR) is 65.8 cm³/mol. The quantitative estimate of drug-likeness (QED) is 0.711. The Labute approximate surface area is 92.4 Å². The zero-order valence-electron chi connectivity index (χ0n) is 9.46. The molecule has 1 saturated carbocycles. The molecule has 2 nitrogen and oxygen atoms in total. The maximum atomic E-state index is 5.75. The normalized spacial score (nSPS) is 29.4. The zero-order valence-corrected chi connectivity index (χ0v) is 10.3. The molecular weight excluding hydrogens is 192 g/mol. The summed E-state index contributed by atoms with van der Waals surface area (Å²) in [6.07, 6.45) is 4.00. The lowest BCUT2D eigenvalue weighted by molar-refractivity contribution is 0.382. The zero-order chi connectivity index (χ0) is 10.4. The summed E-state index contributed by atoms with van der Waals surface area (Å²) in [6, 6.07) is 1.32. The van der Waals surface area contributed by atoms with E-state index in [1.165, 1.54) is 30.8 Å². The van der Waals surface area contributed by atoms with Crippen molar-refractivity contribution in [2.75, 3.05) is 18.1 Å². The third-order valence-electron chi connectivity index (χ3n) is 3.03. The van der Waals surface area contributed by atoms with Gasteiger partial charge in [0.05, 0.1) is 0 Å². The molecule has 0 radical (unpaired) electrons. The van der Waals surface area contributed by atoms with Crippen molar-refractivity contribution in [3.63, 3.8) is 0 Å². The Bertz CT molecular complexity index is 152. The molecule has 3 unspecified atom stereocenters. The first kappa shape index (κ1) is 12.3. The topological polar surface area (TPSA) is 38.0 Å². The standard InChI is InChI=1S/C11H24N2S/c1-3-14-8-9(2)13-11-6-4-5-10(11)7-12/h9-11,13H,3-8,12H2,1-2H3. The van der Waals surface area contributed by atoms with Gasteiger partial charge in [-0.2, -0.15) is 11.8 Å². The van der Waals surface area contributed by atoms with Crippen molar-refractivity contribution in [3.05, 3.63) is 0 Å². The first-order valence-electron chi connectivity index (χ1n) is 5.81. The number of hydrogen-bond acceptors (Lipinski definition) is 3. The number of rotatable bonds is 6. The van der Waals surface area contributed by atoms with E-state index in [1.807, 2.05) is 11.8 Å². The van der Waals surface area contributed by atoms with Crippen molar-refractivity contribution in [3.8, 4) is 0 Å². The lowest BCUT2D eigenvalue weighted by atomic mass is 10.0. The van der Waals surface area contributed by atoms with E-state index in [2.05, 4.69) is 19.2 Å². The summed E-state index contributed by atoms with van der Waals surface area (Å²) < 4.78 is 0. The van der Waals surface area contributed by atoms with Crippen molar-refractivity contribution < 1.29 is 0 Å². The fourth-order valence-corrected chi connectivity index (χ4v) is 2.93. The average Bonchev–Trinajstić information content (AvgIpc) is 2.62. The molecule has 84 valence electrons. The lowest BCUT2D eigenvalue weighted by Crippen LogP contribution is -2.42. The fourth-order valence-electron chi connectivity index (χ4n) is 2.25. The third-order valence-corrected chi connectivity index (χ3v) is 4.18. The van der Waals surface area contributed by atoms with Gasteiger partial charge in [0.25, 0.3) is 0 Å². The van der Waals surface area contributed by atoms with E-state index in [0.29, 0.717) is 12.1 Å². The van der Waals surface area contributed by atoms with Gasteiger partial charge in [0.15, 0.2) is 0 Å². The minimum atomic E-state index is 0.636. The Hall–Kier alpha value is 0.270. The second-order valence-electron chi connectivity index (χ2n) is 4.26. The van der Waals surface area contributed by atoms with Crippen LogP contribution in [0, 0.1) is 5.92 Å². The van der Waals surface area contributed by atoms with Crippen LogP contribution in [0.15, 0.2) is 0 Å². The van der Waals surface area contributed by atoms with E-state index >= 15 is 0 Å². The van der Waals surface area contributed by atoms with Crippen molar-refractivity contribution in [1.29, 1.82) is 0 Å². The molecule has 1 fully saturated rings. The highest BCUT2D eigenvalue weighted by atomic mass is 32.2. The van der Waals surface area contributed by atoms with E-state index in [1.54, 1.807) is 0 Å². The van der Waals surface area contributed by atoms with E-state index in [4.69, 9.17) is 5.73 Å². The summed E-state index contributed by atoms with van der Waals surface area (Å²) in [5.41, 5.74) is 5.75. The number of nitrogens with one attached hydrogen (secondary N) is 1. The monoisotopic (exact) mass is 216 g/mol. The Balaban J connectivity index is 2.21. The van der Waals surface area contributed by atoms with Crippen LogP contribution in [0.5, 0.6) is 0 Å². The molecule has 0 saturated heterocycles. The Morgan fingerprint density at radius 3 is 2.93 bits per heavy atom. The molecule has 0 spiro atoms. The molecule has 1 aliphatic carbocycles. The van der Waals surface area contributed by atoms with Crippen molar-refractivity contribution in [2.45, 2.75) is 45.2 Å². The molecule has 3 atom stereocenters. The highest BCUT2D eigenvalue weighted by molar-refractivity contribution is 7.99. The molecule has 0 heterocycles. The maximum absolute atomic E-state index is 5.75. The lowest BCUT2D eigenvalue weighted by Gasteiger charge is -2.23. The number of nitrogens with two attached hydrogens (primary N) is 1. The van der Waals surface area contributed by atoms with Crippen molar-refractivity contribution in [1.82, 2.24) is 5.32 Å². The van der Waals surface area contributed by atoms with Crippen molar-refractivity contribution in [2.24, 2.45) is 11.7 Å². The second kappa shape index (κ2) is 6.70. The minimum absolute atomic E-state index is 0.636. The van der Waals surface area contributed by atoms with Gasteiger partial charge in [-0.15, -0.1) is 0 Å². The van der Waals surface area contributed by atoms with Crippen LogP contribution in [0.2, 0.25) is 0 Å². The largest absolute Gasteiger partial charge is 0.330 e. The Morgan fingerprint density at radius 1 is 1.50 bits per heavy atom. The van der Waals surface area contributed by atoms with Gasteiger partial charge in [-0.1, -0.05) is 13.3 Å². The Kier molecular flexibility index (Phi) is 5.90. The molecule has 0 aliphatic heterocycles. The van der Waals surface area contributed by atoms with Gasteiger partial charge in [-0.05, 0) is 38.0 Å². The van der Waals surface area contributed by atoms with Gasteiger partial charge in [0.1, 0.15) is 0 Å². The van der Waals surface area contributed by atoms with Crippen LogP contribution in [-0.2, 0) is 0 Å².